The van der Waals surface area contributed by atoms with Gasteiger partial charge in [0.05, 0.1) is 47.2 Å². The second-order valence-corrected chi connectivity index (χ2v) is 8.65. The Kier molecular flexibility index (Phi) is 5.63. The Hall–Kier alpha value is -2.87. The van der Waals surface area contributed by atoms with Gasteiger partial charge in [-0.1, -0.05) is 41.4 Å². The lowest BCUT2D eigenvalue weighted by Gasteiger charge is -2.16. The van der Waals surface area contributed by atoms with Crippen LogP contribution in [0.2, 0.25) is 10.0 Å². The molecule has 3 heterocycles. The zero-order chi connectivity index (χ0) is 22.2. The maximum atomic E-state index is 13.2. The quantitative estimate of drug-likeness (QED) is 0.439. The molecule has 1 N–H and O–H groups in total. The van der Waals surface area contributed by atoms with Gasteiger partial charge < -0.3 is 9.84 Å². The van der Waals surface area contributed by atoms with Crippen LogP contribution in [-0.2, 0) is 6.54 Å². The fourth-order valence-corrected chi connectivity index (χ4v) is 4.14. The number of ether oxygens (including phenoxy) is 1. The molecule has 1 aromatic carbocycles. The average Bonchev–Trinajstić information content (AvgIpc) is 3.56. The van der Waals surface area contributed by atoms with E-state index in [1.54, 1.807) is 23.1 Å². The van der Waals surface area contributed by atoms with Crippen molar-refractivity contribution in [2.45, 2.75) is 25.5 Å². The van der Waals surface area contributed by atoms with Crippen molar-refractivity contribution in [2.24, 2.45) is 5.92 Å². The van der Waals surface area contributed by atoms with Crippen LogP contribution >= 0.6 is 23.2 Å². The number of aliphatic hydroxyl groups is 1. The topological polar surface area (TPSA) is 82.2 Å². The zero-order valence-electron chi connectivity index (χ0n) is 17.0. The SMILES string of the molecule is O=c1c2cnn(Cc3ccccc3Cl)c2ccn1-c1cc(OC(CO)C2CC2)ncc1Cl. The Morgan fingerprint density at radius 3 is 2.72 bits per heavy atom. The highest BCUT2D eigenvalue weighted by Crippen LogP contribution is 2.35. The summed E-state index contributed by atoms with van der Waals surface area (Å²) in [4.78, 5) is 17.4. The normalized spacial score (nSPS) is 14.6. The van der Waals surface area contributed by atoms with Crippen molar-refractivity contribution in [3.63, 3.8) is 0 Å². The van der Waals surface area contributed by atoms with Crippen LogP contribution in [0.5, 0.6) is 5.88 Å². The molecule has 0 amide bonds. The number of nitrogens with zero attached hydrogens (tertiary/aromatic N) is 4. The summed E-state index contributed by atoms with van der Waals surface area (Å²) in [6.07, 6.45) is 6.40. The average molecular weight is 471 g/mol. The maximum Gasteiger partial charge on any atom is 0.266 e. The Bertz CT molecular complexity index is 1350. The molecule has 7 nitrogen and oxygen atoms in total. The van der Waals surface area contributed by atoms with Crippen LogP contribution in [0.1, 0.15) is 18.4 Å². The number of benzene rings is 1. The van der Waals surface area contributed by atoms with Crippen LogP contribution in [0.15, 0.2) is 59.8 Å². The Morgan fingerprint density at radius 2 is 1.97 bits per heavy atom. The minimum Gasteiger partial charge on any atom is -0.472 e. The molecule has 0 aliphatic heterocycles. The summed E-state index contributed by atoms with van der Waals surface area (Å²) < 4.78 is 9.04. The first kappa shape index (κ1) is 21.0. The van der Waals surface area contributed by atoms with E-state index in [2.05, 4.69) is 10.1 Å². The molecule has 1 saturated carbocycles. The smallest absolute Gasteiger partial charge is 0.266 e. The molecule has 5 rings (SSSR count). The summed E-state index contributed by atoms with van der Waals surface area (Å²) in [7, 11) is 0. The number of hydrogen-bond acceptors (Lipinski definition) is 5. The summed E-state index contributed by atoms with van der Waals surface area (Å²) in [5.74, 6) is 0.653. The molecule has 1 aliphatic carbocycles. The Labute approximate surface area is 193 Å². The first-order valence-electron chi connectivity index (χ1n) is 10.3. The van der Waals surface area contributed by atoms with Crippen LogP contribution < -0.4 is 10.3 Å². The molecule has 1 fully saturated rings. The highest BCUT2D eigenvalue weighted by atomic mass is 35.5. The molecular formula is C23H20Cl2N4O3. The number of aromatic nitrogens is 4. The van der Waals surface area contributed by atoms with E-state index in [9.17, 15) is 9.90 Å². The largest absolute Gasteiger partial charge is 0.472 e. The molecule has 0 radical (unpaired) electrons. The lowest BCUT2D eigenvalue weighted by atomic mass is 10.2. The van der Waals surface area contributed by atoms with Crippen molar-refractivity contribution in [3.8, 4) is 11.6 Å². The second-order valence-electron chi connectivity index (χ2n) is 7.83. The monoisotopic (exact) mass is 470 g/mol. The van der Waals surface area contributed by atoms with Crippen LogP contribution in [0.4, 0.5) is 0 Å². The van der Waals surface area contributed by atoms with Gasteiger partial charge in [0, 0.05) is 17.3 Å². The molecule has 164 valence electrons. The van der Waals surface area contributed by atoms with E-state index in [1.165, 1.54) is 10.8 Å². The van der Waals surface area contributed by atoms with Crippen molar-refractivity contribution in [3.05, 3.63) is 81.0 Å². The minimum absolute atomic E-state index is 0.0825. The first-order chi connectivity index (χ1) is 15.5. The highest BCUT2D eigenvalue weighted by molar-refractivity contribution is 6.32. The van der Waals surface area contributed by atoms with E-state index in [0.29, 0.717) is 45.0 Å². The van der Waals surface area contributed by atoms with E-state index < -0.39 is 0 Å². The number of fused-ring (bicyclic) bond motifs is 1. The summed E-state index contributed by atoms with van der Waals surface area (Å²) in [5.41, 5.74) is 1.81. The van der Waals surface area contributed by atoms with Gasteiger partial charge in [-0.3, -0.25) is 14.0 Å². The molecule has 32 heavy (non-hydrogen) atoms. The summed E-state index contributed by atoms with van der Waals surface area (Å²) in [6, 6.07) is 11.0. The Morgan fingerprint density at radius 1 is 1.16 bits per heavy atom. The predicted molar refractivity (Wildman–Crippen MR) is 123 cm³/mol. The molecule has 3 aromatic heterocycles. The van der Waals surface area contributed by atoms with Gasteiger partial charge in [-0.05, 0) is 36.5 Å². The Balaban J connectivity index is 1.50. The third-order valence-electron chi connectivity index (χ3n) is 5.66. The van der Waals surface area contributed by atoms with Crippen molar-refractivity contribution < 1.29 is 9.84 Å². The standard InChI is InChI=1S/C23H20Cl2N4O3/c24-17-4-2-1-3-15(17)12-29-19-7-8-28(23(31)16(19)10-27-29)20-9-22(26-11-18(20)25)32-21(13-30)14-5-6-14/h1-4,7-11,14,21,30H,5-6,12-13H2. The van der Waals surface area contributed by atoms with Crippen LogP contribution in [0, 0.1) is 5.92 Å². The van der Waals surface area contributed by atoms with Crippen molar-refractivity contribution in [1.29, 1.82) is 0 Å². The van der Waals surface area contributed by atoms with E-state index >= 15 is 0 Å². The first-order valence-corrected chi connectivity index (χ1v) is 11.0. The molecule has 9 heteroatoms. The summed E-state index contributed by atoms with van der Waals surface area (Å²) in [6.45, 7) is 0.366. The third-order valence-corrected chi connectivity index (χ3v) is 6.32. The van der Waals surface area contributed by atoms with Crippen LogP contribution in [0.25, 0.3) is 16.6 Å². The molecule has 1 unspecified atom stereocenters. The van der Waals surface area contributed by atoms with Gasteiger partial charge in [-0.25, -0.2) is 4.98 Å². The van der Waals surface area contributed by atoms with Gasteiger partial charge in [0.25, 0.3) is 5.56 Å². The van der Waals surface area contributed by atoms with Gasteiger partial charge in [0.1, 0.15) is 6.10 Å². The predicted octanol–water partition coefficient (Wildman–Crippen LogP) is 4.09. The van der Waals surface area contributed by atoms with E-state index in [4.69, 9.17) is 27.9 Å². The van der Waals surface area contributed by atoms with Crippen LogP contribution in [-0.4, -0.2) is 37.1 Å². The molecule has 1 atom stereocenters. The van der Waals surface area contributed by atoms with Gasteiger partial charge >= 0.3 is 0 Å². The van der Waals surface area contributed by atoms with Gasteiger partial charge in [-0.15, -0.1) is 0 Å². The number of rotatable bonds is 7. The number of halogens is 2. The summed E-state index contributed by atoms with van der Waals surface area (Å²) in [5, 5.41) is 15.4. The van der Waals surface area contributed by atoms with Gasteiger partial charge in [-0.2, -0.15) is 5.10 Å². The lowest BCUT2D eigenvalue weighted by molar-refractivity contribution is 0.0943. The van der Waals surface area contributed by atoms with E-state index in [0.717, 1.165) is 18.4 Å². The second kappa shape index (κ2) is 8.58. The van der Waals surface area contributed by atoms with E-state index in [1.807, 2.05) is 30.3 Å². The third kappa shape index (κ3) is 3.99. The van der Waals surface area contributed by atoms with Crippen molar-refractivity contribution in [1.82, 2.24) is 19.3 Å². The molecule has 0 bridgehead atoms. The number of pyridine rings is 2. The molecule has 1 aliphatic rings. The van der Waals surface area contributed by atoms with E-state index in [-0.39, 0.29) is 18.3 Å². The minimum atomic E-state index is -0.307. The van der Waals surface area contributed by atoms with Crippen molar-refractivity contribution in [2.75, 3.05) is 6.61 Å². The molecule has 0 saturated heterocycles. The highest BCUT2D eigenvalue weighted by Gasteiger charge is 2.32. The zero-order valence-corrected chi connectivity index (χ0v) is 18.5. The molecular weight excluding hydrogens is 451 g/mol. The molecule has 4 aromatic rings. The fraction of sp³-hybridized carbons (Fsp3) is 0.261. The lowest BCUT2D eigenvalue weighted by Crippen LogP contribution is -2.24. The van der Waals surface area contributed by atoms with Gasteiger partial charge in [0.15, 0.2) is 0 Å². The number of hydrogen-bond donors (Lipinski definition) is 1. The van der Waals surface area contributed by atoms with Crippen molar-refractivity contribution >= 4 is 34.1 Å². The van der Waals surface area contributed by atoms with Crippen LogP contribution in [0.3, 0.4) is 0 Å². The molecule has 0 spiro atoms. The van der Waals surface area contributed by atoms with Gasteiger partial charge in [0.2, 0.25) is 5.88 Å². The maximum absolute atomic E-state index is 13.2. The number of aliphatic hydroxyl groups excluding tert-OH is 1. The summed E-state index contributed by atoms with van der Waals surface area (Å²) >= 11 is 12.6. The fourth-order valence-electron chi connectivity index (χ4n) is 3.75.